The van der Waals surface area contributed by atoms with E-state index in [1.165, 1.54) is 77.0 Å². The number of benzene rings is 4. The fourth-order valence-electron chi connectivity index (χ4n) is 7.80. The standard InChI is InChI=1S/2C23H27N3O4S2/c1-16-6-5-7-19(17(16)2)20-15-31-23(24-20)25-10-12-26(13-11-25)32(27,28)18-8-9-21(29-3)22(14-18)30-4;1-16-6-5-7-17(2)22(16)19-15-31-23(24-19)25-10-12-26(13-11-25)32(27,28)18-8-9-20(29-3)21(14-18)30-4/h2*5-9,14-15H,10-13H2,1-4H3. The third-order valence-corrected chi connectivity index (χ3v) is 17.2. The molecule has 2 aliphatic rings. The van der Waals surface area contributed by atoms with Gasteiger partial charge in [0.15, 0.2) is 33.3 Å². The van der Waals surface area contributed by atoms with Gasteiger partial charge in [-0.15, -0.1) is 22.7 Å². The van der Waals surface area contributed by atoms with E-state index in [0.717, 1.165) is 27.2 Å². The second kappa shape index (κ2) is 19.9. The summed E-state index contributed by atoms with van der Waals surface area (Å²) in [6.45, 7) is 12.4. The third-order valence-electron chi connectivity index (χ3n) is 11.6. The summed E-state index contributed by atoms with van der Waals surface area (Å²) in [7, 11) is -1.21. The number of ether oxygens (including phenoxy) is 4. The molecule has 0 aliphatic carbocycles. The minimum absolute atomic E-state index is 0.204. The summed E-state index contributed by atoms with van der Waals surface area (Å²) < 4.78 is 76.6. The van der Waals surface area contributed by atoms with Gasteiger partial charge in [0.1, 0.15) is 0 Å². The van der Waals surface area contributed by atoms with Crippen LogP contribution in [0.4, 0.5) is 10.3 Å². The van der Waals surface area contributed by atoms with Crippen LogP contribution in [-0.4, -0.2) is 116 Å². The lowest BCUT2D eigenvalue weighted by atomic mass is 10.0. The van der Waals surface area contributed by atoms with Crippen LogP contribution < -0.4 is 28.7 Å². The Bertz CT molecular complexity index is 2790. The Labute approximate surface area is 384 Å². The van der Waals surface area contributed by atoms with E-state index in [2.05, 4.69) is 84.7 Å². The van der Waals surface area contributed by atoms with Crippen molar-refractivity contribution in [3.05, 3.63) is 106 Å². The quantitative estimate of drug-likeness (QED) is 0.118. The van der Waals surface area contributed by atoms with Crippen molar-refractivity contribution in [3.63, 3.8) is 0 Å². The second-order valence-electron chi connectivity index (χ2n) is 15.4. The molecule has 2 aliphatic heterocycles. The molecule has 18 heteroatoms. The van der Waals surface area contributed by atoms with E-state index in [0.29, 0.717) is 75.4 Å². The van der Waals surface area contributed by atoms with Crippen molar-refractivity contribution in [2.24, 2.45) is 0 Å². The molecule has 0 N–H and O–H groups in total. The van der Waals surface area contributed by atoms with Crippen LogP contribution in [-0.2, 0) is 20.0 Å². The summed E-state index contributed by atoms with van der Waals surface area (Å²) in [6.07, 6.45) is 0. The first-order valence-corrected chi connectivity index (χ1v) is 25.3. The molecular weight excluding hydrogens is 893 g/mol. The average molecular weight is 947 g/mol. The Morgan fingerprint density at radius 2 is 0.906 bits per heavy atom. The maximum atomic E-state index is 13.2. The number of sulfonamides is 2. The zero-order valence-corrected chi connectivity index (χ0v) is 40.6. The van der Waals surface area contributed by atoms with E-state index in [9.17, 15) is 16.8 Å². The van der Waals surface area contributed by atoms with Crippen LogP contribution in [0.2, 0.25) is 0 Å². The molecule has 0 spiro atoms. The van der Waals surface area contributed by atoms with Crippen molar-refractivity contribution < 1.29 is 35.8 Å². The van der Waals surface area contributed by atoms with Crippen LogP contribution in [0.5, 0.6) is 23.0 Å². The van der Waals surface area contributed by atoms with Crippen molar-refractivity contribution in [2.75, 3.05) is 90.6 Å². The summed E-state index contributed by atoms with van der Waals surface area (Å²) in [6, 6.07) is 21.9. The van der Waals surface area contributed by atoms with Crippen molar-refractivity contribution >= 4 is 53.0 Å². The smallest absolute Gasteiger partial charge is 0.243 e. The summed E-state index contributed by atoms with van der Waals surface area (Å²) in [5.41, 5.74) is 9.13. The molecule has 0 bridgehead atoms. The molecule has 2 saturated heterocycles. The highest BCUT2D eigenvalue weighted by Gasteiger charge is 2.32. The molecule has 0 atom stereocenters. The molecule has 0 saturated carbocycles. The number of piperazine rings is 2. The van der Waals surface area contributed by atoms with Crippen LogP contribution in [0.15, 0.2) is 93.3 Å². The predicted octanol–water partition coefficient (Wildman–Crippen LogP) is 7.91. The molecule has 8 rings (SSSR count). The topological polar surface area (TPSA) is 144 Å². The van der Waals surface area contributed by atoms with Crippen LogP contribution in [0.1, 0.15) is 22.3 Å². The van der Waals surface area contributed by atoms with Crippen LogP contribution >= 0.6 is 22.7 Å². The zero-order valence-electron chi connectivity index (χ0n) is 37.3. The number of rotatable bonds is 12. The largest absolute Gasteiger partial charge is 0.493 e. The number of hydrogen-bond acceptors (Lipinski definition) is 14. The highest BCUT2D eigenvalue weighted by Crippen LogP contribution is 2.36. The van der Waals surface area contributed by atoms with Crippen molar-refractivity contribution in [3.8, 4) is 45.5 Å². The Hall–Kier alpha value is -5.24. The highest BCUT2D eigenvalue weighted by atomic mass is 32.2. The summed E-state index contributed by atoms with van der Waals surface area (Å²) in [4.78, 5) is 14.4. The van der Waals surface area contributed by atoms with Gasteiger partial charge in [-0.3, -0.25) is 0 Å². The first kappa shape index (κ1) is 46.7. The molecule has 6 aromatic rings. The van der Waals surface area contributed by atoms with Gasteiger partial charge in [-0.1, -0.05) is 36.4 Å². The minimum atomic E-state index is -3.62. The summed E-state index contributed by atoms with van der Waals surface area (Å²) in [5.74, 6) is 1.79. The fraction of sp³-hybridized carbons (Fsp3) is 0.348. The van der Waals surface area contributed by atoms with Gasteiger partial charge in [0, 0.05) is 86.4 Å². The van der Waals surface area contributed by atoms with Gasteiger partial charge in [0.25, 0.3) is 0 Å². The van der Waals surface area contributed by atoms with Crippen LogP contribution in [0.3, 0.4) is 0 Å². The number of methoxy groups -OCH3 is 4. The monoisotopic (exact) mass is 946 g/mol. The Kier molecular flexibility index (Phi) is 14.5. The normalized spacial score (nSPS) is 15.1. The molecule has 4 aromatic carbocycles. The van der Waals surface area contributed by atoms with E-state index >= 15 is 0 Å². The number of aromatic nitrogens is 2. The first-order valence-electron chi connectivity index (χ1n) is 20.7. The van der Waals surface area contributed by atoms with Gasteiger partial charge in [-0.25, -0.2) is 26.8 Å². The van der Waals surface area contributed by atoms with Crippen molar-refractivity contribution in [1.29, 1.82) is 0 Å². The number of hydrogen-bond donors (Lipinski definition) is 0. The molecule has 0 unspecified atom stereocenters. The van der Waals surface area contributed by atoms with E-state index in [1.807, 2.05) is 0 Å². The van der Waals surface area contributed by atoms with E-state index in [1.54, 1.807) is 46.9 Å². The van der Waals surface area contributed by atoms with Crippen molar-refractivity contribution in [1.82, 2.24) is 18.6 Å². The average Bonchev–Trinajstić information content (AvgIpc) is 4.01. The summed E-state index contributed by atoms with van der Waals surface area (Å²) >= 11 is 3.19. The highest BCUT2D eigenvalue weighted by molar-refractivity contribution is 7.89. The van der Waals surface area contributed by atoms with Gasteiger partial charge < -0.3 is 28.7 Å². The number of thiazole rings is 2. The molecule has 340 valence electrons. The molecular formula is C46H54N6O8S4. The Morgan fingerprint density at radius 1 is 0.500 bits per heavy atom. The van der Waals surface area contributed by atoms with E-state index < -0.39 is 20.0 Å². The maximum Gasteiger partial charge on any atom is 0.243 e. The predicted molar refractivity (Wildman–Crippen MR) is 255 cm³/mol. The van der Waals surface area contributed by atoms with Crippen molar-refractivity contribution in [2.45, 2.75) is 37.5 Å². The van der Waals surface area contributed by atoms with Gasteiger partial charge in [0.2, 0.25) is 20.0 Å². The number of anilines is 2. The van der Waals surface area contributed by atoms with Gasteiger partial charge in [-0.2, -0.15) is 8.61 Å². The molecule has 14 nitrogen and oxygen atoms in total. The van der Waals surface area contributed by atoms with Gasteiger partial charge in [0.05, 0.1) is 49.6 Å². The fourth-order valence-corrected chi connectivity index (χ4v) is 12.4. The molecule has 2 aromatic heterocycles. The molecule has 0 amide bonds. The SMILES string of the molecule is COc1ccc(S(=O)(=O)N2CCN(c3nc(-c4c(C)cccc4C)cs3)CC2)cc1OC.COc1ccc(S(=O)(=O)N2CCN(c3nc(-c4cccc(C)c4C)cs3)CC2)cc1OC. The van der Waals surface area contributed by atoms with Gasteiger partial charge in [-0.05, 0) is 74.2 Å². The lowest BCUT2D eigenvalue weighted by molar-refractivity contribution is 0.353. The van der Waals surface area contributed by atoms with E-state index in [4.69, 9.17) is 28.9 Å². The lowest BCUT2D eigenvalue weighted by Gasteiger charge is -2.33. The Morgan fingerprint density at radius 3 is 1.36 bits per heavy atom. The second-order valence-corrected chi connectivity index (χ2v) is 20.9. The first-order chi connectivity index (χ1) is 30.7. The molecule has 0 radical (unpaired) electrons. The minimum Gasteiger partial charge on any atom is -0.493 e. The lowest BCUT2D eigenvalue weighted by Crippen LogP contribution is -2.48. The van der Waals surface area contributed by atoms with Crippen LogP contribution in [0.25, 0.3) is 22.5 Å². The zero-order chi connectivity index (χ0) is 45.8. The van der Waals surface area contributed by atoms with Crippen LogP contribution in [0, 0.1) is 27.7 Å². The van der Waals surface area contributed by atoms with Gasteiger partial charge >= 0.3 is 0 Å². The maximum absolute atomic E-state index is 13.2. The molecule has 64 heavy (non-hydrogen) atoms. The van der Waals surface area contributed by atoms with E-state index in [-0.39, 0.29) is 9.79 Å². The number of nitrogens with zero attached hydrogens (tertiary/aromatic N) is 6. The third kappa shape index (κ3) is 9.72. The number of aryl methyl sites for hydroxylation is 3. The Balaban J connectivity index is 0.000000191. The molecule has 4 heterocycles. The molecule has 2 fully saturated rings. The summed E-state index contributed by atoms with van der Waals surface area (Å²) in [5, 5.41) is 6.00.